The van der Waals surface area contributed by atoms with Crippen molar-refractivity contribution < 1.29 is 18.3 Å². The average Bonchev–Trinajstić information content (AvgIpc) is 2.15. The summed E-state index contributed by atoms with van der Waals surface area (Å²) in [7, 11) is -2.17. The fourth-order valence-corrected chi connectivity index (χ4v) is 1.28. The van der Waals surface area contributed by atoms with Gasteiger partial charge in [-0.2, -0.15) is 8.42 Å². The predicted molar refractivity (Wildman–Crippen MR) is 52.1 cm³/mol. The molecule has 0 aromatic heterocycles. The molecule has 0 amide bonds. The monoisotopic (exact) mass is 212 g/mol. The number of aromatic carboxylic acids is 1. The second-order valence-electron chi connectivity index (χ2n) is 2.63. The van der Waals surface area contributed by atoms with Crippen molar-refractivity contribution in [2.45, 2.75) is 6.42 Å². The van der Waals surface area contributed by atoms with E-state index < -0.39 is 16.3 Å². The number of carbonyl (C=O) groups is 1. The van der Waals surface area contributed by atoms with E-state index in [1.54, 1.807) is 12.1 Å². The molecule has 0 aliphatic carbocycles. The number of rotatable bonds is 3. The van der Waals surface area contributed by atoms with Crippen LogP contribution in [0.2, 0.25) is 0 Å². The highest BCUT2D eigenvalue weighted by Gasteiger charge is 2.00. The van der Waals surface area contributed by atoms with E-state index in [1.165, 1.54) is 12.1 Å². The molecule has 1 N–H and O–H groups in total. The molecule has 4 nitrogen and oxygen atoms in total. The van der Waals surface area contributed by atoms with Gasteiger partial charge >= 0.3 is 5.97 Å². The zero-order chi connectivity index (χ0) is 10.6. The third-order valence-electron chi connectivity index (χ3n) is 1.66. The van der Waals surface area contributed by atoms with E-state index in [4.69, 9.17) is 5.11 Å². The molecule has 0 saturated heterocycles. The fourth-order valence-electron chi connectivity index (χ4n) is 0.948. The number of hydrogen-bond donors (Lipinski definition) is 1. The average molecular weight is 212 g/mol. The van der Waals surface area contributed by atoms with Gasteiger partial charge in [0.1, 0.15) is 0 Å². The summed E-state index contributed by atoms with van der Waals surface area (Å²) in [6.07, 6.45) is 0.288. The Hall–Kier alpha value is -1.62. The zero-order valence-electron chi connectivity index (χ0n) is 7.17. The molecule has 0 spiro atoms. The fraction of sp³-hybridized carbons (Fsp3) is 0.111. The minimum atomic E-state index is -2.17. The van der Waals surface area contributed by atoms with Crippen molar-refractivity contribution in [3.05, 3.63) is 35.4 Å². The molecule has 1 aromatic carbocycles. The lowest BCUT2D eigenvalue weighted by atomic mass is 10.1. The van der Waals surface area contributed by atoms with Gasteiger partial charge in [-0.3, -0.25) is 0 Å². The molecule has 1 aromatic rings. The molecule has 0 radical (unpaired) electrons. The normalized spacial score (nSPS) is 9.43. The molecule has 0 atom stereocenters. The van der Waals surface area contributed by atoms with Gasteiger partial charge in [-0.25, -0.2) is 4.79 Å². The molecule has 1 rings (SSSR count). The lowest BCUT2D eigenvalue weighted by Gasteiger charge is -1.96. The molecule has 0 bridgehead atoms. The summed E-state index contributed by atoms with van der Waals surface area (Å²) in [5.41, 5.74) is 0.955. The first-order valence-electron chi connectivity index (χ1n) is 3.83. The second-order valence-corrected chi connectivity index (χ2v) is 3.49. The topological polar surface area (TPSA) is 71.4 Å². The van der Waals surface area contributed by atoms with Crippen LogP contribution in [0.15, 0.2) is 24.3 Å². The number of hydrogen-bond acceptors (Lipinski definition) is 3. The minimum absolute atomic E-state index is 0.192. The van der Waals surface area contributed by atoms with E-state index in [0.717, 1.165) is 10.9 Å². The first kappa shape index (κ1) is 10.5. The Labute approximate surface area is 82.3 Å². The van der Waals surface area contributed by atoms with E-state index in [-0.39, 0.29) is 12.0 Å². The van der Waals surface area contributed by atoms with E-state index >= 15 is 0 Å². The van der Waals surface area contributed by atoms with Gasteiger partial charge in [-0.15, -0.1) is 0 Å². The van der Waals surface area contributed by atoms with Crippen LogP contribution in [0.1, 0.15) is 15.9 Å². The highest BCUT2D eigenvalue weighted by molar-refractivity contribution is 7.71. The summed E-state index contributed by atoms with van der Waals surface area (Å²) in [6, 6.07) is 6.07. The van der Waals surface area contributed by atoms with Gasteiger partial charge in [0.15, 0.2) is 0 Å². The van der Waals surface area contributed by atoms with Gasteiger partial charge in [0, 0.05) is 11.8 Å². The van der Waals surface area contributed by atoms with Crippen molar-refractivity contribution in [3.8, 4) is 0 Å². The second kappa shape index (κ2) is 4.57. The number of carboxylic acids is 1. The van der Waals surface area contributed by atoms with E-state index in [1.807, 2.05) is 0 Å². The molecule has 0 unspecified atom stereocenters. The first-order chi connectivity index (χ1) is 6.59. The zero-order valence-corrected chi connectivity index (χ0v) is 7.99. The summed E-state index contributed by atoms with van der Waals surface area (Å²) in [5, 5.41) is 9.71. The SMILES string of the molecule is O=C(O)c1ccc(CC=S(=O)=O)cc1. The molecule has 5 heteroatoms. The van der Waals surface area contributed by atoms with Gasteiger partial charge in [0.25, 0.3) is 0 Å². The van der Waals surface area contributed by atoms with E-state index in [9.17, 15) is 13.2 Å². The van der Waals surface area contributed by atoms with Crippen LogP contribution in [0.25, 0.3) is 0 Å². The molecule has 0 aliphatic heterocycles. The Kier molecular flexibility index (Phi) is 3.41. The third kappa shape index (κ3) is 3.02. The smallest absolute Gasteiger partial charge is 0.335 e. The van der Waals surface area contributed by atoms with Crippen LogP contribution in [0.5, 0.6) is 0 Å². The molecule has 14 heavy (non-hydrogen) atoms. The van der Waals surface area contributed by atoms with Crippen LogP contribution in [-0.2, 0) is 16.7 Å². The van der Waals surface area contributed by atoms with Crippen molar-refractivity contribution in [2.24, 2.45) is 0 Å². The lowest BCUT2D eigenvalue weighted by Crippen LogP contribution is -1.96. The molecular weight excluding hydrogens is 204 g/mol. The maximum Gasteiger partial charge on any atom is 0.335 e. The van der Waals surface area contributed by atoms with Crippen LogP contribution >= 0.6 is 0 Å². The Balaban J connectivity index is 2.84. The van der Waals surface area contributed by atoms with Crippen LogP contribution < -0.4 is 0 Å². The van der Waals surface area contributed by atoms with Gasteiger partial charge < -0.3 is 5.11 Å². The largest absolute Gasteiger partial charge is 0.478 e. The quantitative estimate of drug-likeness (QED) is 0.745. The van der Waals surface area contributed by atoms with Crippen molar-refractivity contribution in [2.75, 3.05) is 0 Å². The lowest BCUT2D eigenvalue weighted by molar-refractivity contribution is 0.0697. The standard InChI is InChI=1S/C9H8O4S/c10-9(11)8-3-1-7(2-4-8)5-6-14(12)13/h1-4,6H,5H2,(H,10,11). The maximum atomic E-state index is 10.5. The molecule has 0 fully saturated rings. The van der Waals surface area contributed by atoms with E-state index in [2.05, 4.69) is 0 Å². The molecule has 0 saturated carbocycles. The Bertz CT molecular complexity index is 448. The van der Waals surface area contributed by atoms with Crippen LogP contribution in [0.3, 0.4) is 0 Å². The van der Waals surface area contributed by atoms with Gasteiger partial charge in [0.2, 0.25) is 10.3 Å². The Morgan fingerprint density at radius 2 is 1.86 bits per heavy atom. The van der Waals surface area contributed by atoms with Crippen molar-refractivity contribution in [3.63, 3.8) is 0 Å². The molecular formula is C9H8O4S. The minimum Gasteiger partial charge on any atom is -0.478 e. The third-order valence-corrected chi connectivity index (χ3v) is 2.09. The highest BCUT2D eigenvalue weighted by atomic mass is 32.2. The van der Waals surface area contributed by atoms with Gasteiger partial charge in [-0.05, 0) is 17.7 Å². The molecule has 0 aliphatic rings. The molecule has 0 heterocycles. The van der Waals surface area contributed by atoms with Crippen LogP contribution in [0, 0.1) is 0 Å². The molecule has 74 valence electrons. The summed E-state index contributed by atoms with van der Waals surface area (Å²) in [4.78, 5) is 10.5. The predicted octanol–water partition coefficient (Wildman–Crippen LogP) is 0.609. The Morgan fingerprint density at radius 3 is 2.29 bits per heavy atom. The van der Waals surface area contributed by atoms with Crippen molar-refractivity contribution in [1.82, 2.24) is 0 Å². The van der Waals surface area contributed by atoms with Crippen LogP contribution in [-0.4, -0.2) is 24.9 Å². The first-order valence-corrected chi connectivity index (χ1v) is 4.97. The summed E-state index contributed by atoms with van der Waals surface area (Å²) >= 11 is 0. The van der Waals surface area contributed by atoms with Crippen LogP contribution in [0.4, 0.5) is 0 Å². The maximum absolute atomic E-state index is 10.5. The highest BCUT2D eigenvalue weighted by Crippen LogP contribution is 2.03. The van der Waals surface area contributed by atoms with Crippen molar-refractivity contribution >= 4 is 21.6 Å². The summed E-state index contributed by atoms with van der Waals surface area (Å²) in [5.74, 6) is -0.993. The summed E-state index contributed by atoms with van der Waals surface area (Å²) in [6.45, 7) is 0. The number of carboxylic acid groups (broad SMARTS) is 1. The van der Waals surface area contributed by atoms with E-state index in [0.29, 0.717) is 0 Å². The Morgan fingerprint density at radius 1 is 1.29 bits per heavy atom. The summed E-state index contributed by atoms with van der Waals surface area (Å²) < 4.78 is 20.4. The van der Waals surface area contributed by atoms with Crippen molar-refractivity contribution in [1.29, 1.82) is 0 Å². The number of benzene rings is 1. The van der Waals surface area contributed by atoms with Gasteiger partial charge in [-0.1, -0.05) is 12.1 Å². The van der Waals surface area contributed by atoms with Gasteiger partial charge in [0.05, 0.1) is 5.56 Å².